The molecule has 0 spiro atoms. The molecular weight excluding hydrogens is 512 g/mol. The lowest BCUT2D eigenvalue weighted by Crippen LogP contribution is -2.54. The molecule has 3 aromatic carbocycles. The van der Waals surface area contributed by atoms with E-state index in [2.05, 4.69) is 5.32 Å². The molecule has 0 unspecified atom stereocenters. The average molecular weight is 544 g/mol. The zero-order valence-electron chi connectivity index (χ0n) is 21.5. The molecule has 0 aromatic heterocycles. The van der Waals surface area contributed by atoms with Crippen molar-refractivity contribution in [1.29, 1.82) is 0 Å². The van der Waals surface area contributed by atoms with E-state index in [1.165, 1.54) is 47.4 Å². The number of benzene rings is 3. The van der Waals surface area contributed by atoms with Gasteiger partial charge in [-0.25, -0.2) is 17.2 Å². The second-order valence-corrected chi connectivity index (χ2v) is 11.2. The van der Waals surface area contributed by atoms with Crippen molar-refractivity contribution in [3.63, 3.8) is 0 Å². The molecule has 38 heavy (non-hydrogen) atoms. The third-order valence-electron chi connectivity index (χ3n) is 5.74. The van der Waals surface area contributed by atoms with E-state index < -0.39 is 46.1 Å². The molecule has 10 heteroatoms. The number of halogens is 2. The van der Waals surface area contributed by atoms with Gasteiger partial charge in [0.15, 0.2) is 0 Å². The Morgan fingerprint density at radius 3 is 2.11 bits per heavy atom. The number of amides is 2. The second-order valence-electron chi connectivity index (χ2n) is 9.27. The number of anilines is 1. The molecule has 7 nitrogen and oxygen atoms in total. The molecule has 1 N–H and O–H groups in total. The van der Waals surface area contributed by atoms with Crippen LogP contribution in [0.2, 0.25) is 0 Å². The van der Waals surface area contributed by atoms with Gasteiger partial charge in [0.05, 0.1) is 11.9 Å². The summed E-state index contributed by atoms with van der Waals surface area (Å²) in [4.78, 5) is 28.5. The third-order valence-corrected chi connectivity index (χ3v) is 6.88. The molecule has 0 aliphatic carbocycles. The van der Waals surface area contributed by atoms with Crippen molar-refractivity contribution in [3.05, 3.63) is 102 Å². The lowest BCUT2D eigenvalue weighted by Gasteiger charge is -2.34. The number of sulfonamides is 1. The highest BCUT2D eigenvalue weighted by Gasteiger charge is 2.33. The maximum Gasteiger partial charge on any atom is 0.244 e. The maximum absolute atomic E-state index is 13.9. The van der Waals surface area contributed by atoms with Gasteiger partial charge in [-0.15, -0.1) is 0 Å². The van der Waals surface area contributed by atoms with E-state index in [9.17, 15) is 26.8 Å². The van der Waals surface area contributed by atoms with E-state index in [-0.39, 0.29) is 24.7 Å². The van der Waals surface area contributed by atoms with Gasteiger partial charge in [-0.05, 0) is 55.3 Å². The fraction of sp³-hybridized carbons (Fsp3) is 0.286. The number of rotatable bonds is 11. The highest BCUT2D eigenvalue weighted by molar-refractivity contribution is 7.92. The summed E-state index contributed by atoms with van der Waals surface area (Å²) in [6.07, 6.45) is 1.08. The molecule has 1 atom stereocenters. The van der Waals surface area contributed by atoms with Crippen LogP contribution >= 0.6 is 0 Å². The fourth-order valence-corrected chi connectivity index (χ4v) is 4.81. The zero-order chi connectivity index (χ0) is 27.9. The summed E-state index contributed by atoms with van der Waals surface area (Å²) in [6.45, 7) is 2.84. The van der Waals surface area contributed by atoms with E-state index in [1.807, 2.05) is 30.3 Å². The summed E-state index contributed by atoms with van der Waals surface area (Å²) in [7, 11) is -4.00. The van der Waals surface area contributed by atoms with Gasteiger partial charge >= 0.3 is 0 Å². The number of hydrogen-bond acceptors (Lipinski definition) is 4. The molecule has 0 bridgehead atoms. The van der Waals surface area contributed by atoms with Crippen LogP contribution in [0, 0.1) is 11.6 Å². The minimum absolute atomic E-state index is 0.0196. The van der Waals surface area contributed by atoms with Crippen LogP contribution in [-0.2, 0) is 32.6 Å². The van der Waals surface area contributed by atoms with Crippen molar-refractivity contribution in [2.24, 2.45) is 0 Å². The molecule has 0 saturated carbocycles. The lowest BCUT2D eigenvalue weighted by atomic mass is 10.0. The Balaban J connectivity index is 2.05. The summed E-state index contributed by atoms with van der Waals surface area (Å²) in [5, 5.41) is 2.84. The monoisotopic (exact) mass is 543 g/mol. The van der Waals surface area contributed by atoms with Crippen LogP contribution in [0.4, 0.5) is 14.5 Å². The van der Waals surface area contributed by atoms with Gasteiger partial charge in [0.2, 0.25) is 21.8 Å². The van der Waals surface area contributed by atoms with Crippen molar-refractivity contribution >= 4 is 27.5 Å². The molecule has 0 fully saturated rings. The molecule has 0 aliphatic heterocycles. The third kappa shape index (κ3) is 8.11. The number of carbonyl (C=O) groups excluding carboxylic acids is 2. The summed E-state index contributed by atoms with van der Waals surface area (Å²) in [5.74, 6) is -2.22. The standard InChI is InChI=1S/C28H31F2N3O4S/c1-20(2)31-28(35)26(16-21-8-5-4-6-9-21)32(18-22-12-14-23(29)15-13-22)27(34)19-33(38(3,36)37)25-11-7-10-24(30)17-25/h4-15,17,20,26H,16,18-19H2,1-3H3,(H,31,35)/t26-/m0/s1. The van der Waals surface area contributed by atoms with Gasteiger partial charge in [0.25, 0.3) is 0 Å². The Labute approximate surface area is 222 Å². The normalized spacial score (nSPS) is 12.2. The maximum atomic E-state index is 13.9. The van der Waals surface area contributed by atoms with E-state index in [0.29, 0.717) is 5.56 Å². The first-order chi connectivity index (χ1) is 17.9. The topological polar surface area (TPSA) is 86.8 Å². The van der Waals surface area contributed by atoms with Gasteiger partial charge in [-0.2, -0.15) is 0 Å². The Kier molecular flexibility index (Phi) is 9.57. The second kappa shape index (κ2) is 12.6. The Hall–Kier alpha value is -3.79. The van der Waals surface area contributed by atoms with Crippen molar-refractivity contribution in [2.45, 2.75) is 38.9 Å². The lowest BCUT2D eigenvalue weighted by molar-refractivity contribution is -0.140. The highest BCUT2D eigenvalue weighted by Crippen LogP contribution is 2.21. The first-order valence-corrected chi connectivity index (χ1v) is 13.9. The van der Waals surface area contributed by atoms with E-state index in [0.717, 1.165) is 22.2 Å². The Morgan fingerprint density at radius 1 is 0.868 bits per heavy atom. The van der Waals surface area contributed by atoms with Gasteiger partial charge in [0.1, 0.15) is 24.2 Å². The predicted octanol–water partition coefficient (Wildman–Crippen LogP) is 3.90. The van der Waals surface area contributed by atoms with Gasteiger partial charge in [-0.1, -0.05) is 48.5 Å². The van der Waals surface area contributed by atoms with Crippen molar-refractivity contribution < 1.29 is 26.8 Å². The molecule has 3 aromatic rings. The van der Waals surface area contributed by atoms with Crippen LogP contribution in [0.15, 0.2) is 78.9 Å². The summed E-state index contributed by atoms with van der Waals surface area (Å²) >= 11 is 0. The Bertz CT molecular complexity index is 1350. The van der Waals surface area contributed by atoms with Crippen LogP contribution < -0.4 is 9.62 Å². The van der Waals surface area contributed by atoms with Crippen molar-refractivity contribution in [3.8, 4) is 0 Å². The molecular formula is C28H31F2N3O4S. The van der Waals surface area contributed by atoms with Gasteiger partial charge < -0.3 is 10.2 Å². The van der Waals surface area contributed by atoms with Crippen molar-refractivity contribution in [2.75, 3.05) is 17.1 Å². The largest absolute Gasteiger partial charge is 0.352 e. The van der Waals surface area contributed by atoms with E-state index in [4.69, 9.17) is 0 Å². The number of hydrogen-bond donors (Lipinski definition) is 1. The zero-order valence-corrected chi connectivity index (χ0v) is 22.3. The van der Waals surface area contributed by atoms with Crippen LogP contribution in [-0.4, -0.2) is 50.0 Å². The minimum Gasteiger partial charge on any atom is -0.352 e. The van der Waals surface area contributed by atoms with Crippen molar-refractivity contribution in [1.82, 2.24) is 10.2 Å². The smallest absolute Gasteiger partial charge is 0.244 e. The van der Waals surface area contributed by atoms with Crippen LogP contribution in [0.25, 0.3) is 0 Å². The molecule has 0 saturated heterocycles. The molecule has 0 aliphatic rings. The first kappa shape index (κ1) is 28.8. The van der Waals surface area contributed by atoms with Crippen LogP contribution in [0.5, 0.6) is 0 Å². The molecule has 0 heterocycles. The quantitative estimate of drug-likeness (QED) is 0.398. The average Bonchev–Trinajstić information content (AvgIpc) is 2.85. The SMILES string of the molecule is CC(C)NC(=O)[C@H](Cc1ccccc1)N(Cc1ccc(F)cc1)C(=O)CN(c1cccc(F)c1)S(C)(=O)=O. The minimum atomic E-state index is -4.00. The molecule has 3 rings (SSSR count). The van der Waals surface area contributed by atoms with Gasteiger partial charge in [-0.3, -0.25) is 13.9 Å². The van der Waals surface area contributed by atoms with Crippen LogP contribution in [0.1, 0.15) is 25.0 Å². The molecule has 202 valence electrons. The highest BCUT2D eigenvalue weighted by atomic mass is 32.2. The number of nitrogens with zero attached hydrogens (tertiary/aromatic N) is 2. The van der Waals surface area contributed by atoms with E-state index >= 15 is 0 Å². The van der Waals surface area contributed by atoms with Gasteiger partial charge in [0, 0.05) is 19.0 Å². The van der Waals surface area contributed by atoms with Crippen LogP contribution in [0.3, 0.4) is 0 Å². The number of carbonyl (C=O) groups is 2. The summed E-state index contributed by atoms with van der Waals surface area (Å²) in [6, 6.07) is 18.3. The molecule has 0 radical (unpaired) electrons. The summed E-state index contributed by atoms with van der Waals surface area (Å²) < 4.78 is 53.6. The Morgan fingerprint density at radius 2 is 1.53 bits per heavy atom. The van der Waals surface area contributed by atoms with E-state index in [1.54, 1.807) is 13.8 Å². The summed E-state index contributed by atoms with van der Waals surface area (Å²) in [5.41, 5.74) is 1.32. The first-order valence-electron chi connectivity index (χ1n) is 12.1. The number of nitrogens with one attached hydrogen (secondary N) is 1. The predicted molar refractivity (Wildman–Crippen MR) is 143 cm³/mol. The fourth-order valence-electron chi connectivity index (χ4n) is 3.97. The molecule has 2 amide bonds.